The van der Waals surface area contributed by atoms with E-state index >= 15 is 0 Å². The Kier molecular flexibility index (Phi) is 0.944. The fourth-order valence-electron chi connectivity index (χ4n) is 1.14. The molecule has 58 valence electrons. The maximum absolute atomic E-state index is 10.5. The van der Waals surface area contributed by atoms with Gasteiger partial charge in [0.05, 0.1) is 0 Å². The van der Waals surface area contributed by atoms with Gasteiger partial charge in [-0.1, -0.05) is 0 Å². The van der Waals surface area contributed by atoms with Crippen LogP contribution >= 0.6 is 0 Å². The molecule has 2 rings (SSSR count). The van der Waals surface area contributed by atoms with E-state index < -0.39 is 10.1 Å². The summed E-state index contributed by atoms with van der Waals surface area (Å²) >= 11 is 0. The molecule has 0 unspecified atom stereocenters. The Labute approximate surface area is 63.4 Å². The largest absolute Gasteiger partial charge is 0.398 e. The second-order valence-corrected chi connectivity index (χ2v) is 3.80. The van der Waals surface area contributed by atoms with Crippen molar-refractivity contribution in [3.8, 4) is 11.1 Å². The zero-order valence-electron chi connectivity index (χ0n) is 5.40. The highest BCUT2D eigenvalue weighted by Gasteiger charge is 2.29. The highest BCUT2D eigenvalue weighted by atomic mass is 32.2. The molecule has 0 bridgehead atoms. The van der Waals surface area contributed by atoms with Gasteiger partial charge in [-0.25, -0.2) is 0 Å². The number of hydrogen-bond acceptors (Lipinski definition) is 3. The van der Waals surface area contributed by atoms with Crippen molar-refractivity contribution in [3.63, 3.8) is 0 Å². The van der Waals surface area contributed by atoms with E-state index in [0.29, 0.717) is 11.3 Å². The fraction of sp³-hybridized carbons (Fsp3) is 0. The van der Waals surface area contributed by atoms with Crippen molar-refractivity contribution >= 4 is 15.8 Å². The minimum Gasteiger partial charge on any atom is -0.398 e. The molecule has 2 aliphatic rings. The first kappa shape index (κ1) is 6.63. The normalized spacial score (nSPS) is 13.2. The molecule has 0 aromatic heterocycles. The summed E-state index contributed by atoms with van der Waals surface area (Å²) in [5, 5.41) is 0. The lowest BCUT2D eigenvalue weighted by molar-refractivity contribution is 0.483. The lowest BCUT2D eigenvalue weighted by Gasteiger charge is -2.21. The van der Waals surface area contributed by atoms with E-state index in [0.717, 1.165) is 5.56 Å². The highest BCUT2D eigenvalue weighted by molar-refractivity contribution is 7.86. The van der Waals surface area contributed by atoms with Crippen molar-refractivity contribution in [1.29, 1.82) is 0 Å². The zero-order valence-corrected chi connectivity index (χ0v) is 6.22. The van der Waals surface area contributed by atoms with Crippen LogP contribution in [-0.2, 0) is 10.1 Å². The molecule has 4 nitrogen and oxygen atoms in total. The van der Waals surface area contributed by atoms with Crippen LogP contribution in [0.4, 0.5) is 5.69 Å². The molecule has 0 aromatic rings. The first-order valence-corrected chi connectivity index (χ1v) is 4.35. The molecular weight excluding hydrogens is 166 g/mol. The molecule has 3 N–H and O–H groups in total. The van der Waals surface area contributed by atoms with Gasteiger partial charge in [0.25, 0.3) is 10.1 Å². The number of nitrogens with two attached hydrogens (primary N) is 1. The molecule has 0 aromatic carbocycles. The van der Waals surface area contributed by atoms with Crippen molar-refractivity contribution in [2.75, 3.05) is 5.73 Å². The van der Waals surface area contributed by atoms with Gasteiger partial charge in [-0.3, -0.25) is 4.55 Å². The standard InChI is InChI=1S/C6H5NO3S/c7-4-1-3-2-5(6(3)4)11(8,9)10/h1-2H,7H2,(H,8,9,10). The quantitative estimate of drug-likeness (QED) is 0.483. The second kappa shape index (κ2) is 1.57. The van der Waals surface area contributed by atoms with E-state index in [4.69, 9.17) is 10.3 Å². The first-order valence-electron chi connectivity index (χ1n) is 2.91. The smallest absolute Gasteiger partial charge is 0.295 e. The summed E-state index contributed by atoms with van der Waals surface area (Å²) in [7, 11) is -4.05. The number of fused-ring (bicyclic) bond motifs is 1. The van der Waals surface area contributed by atoms with Gasteiger partial charge in [-0.15, -0.1) is 0 Å². The predicted molar refractivity (Wildman–Crippen MR) is 39.7 cm³/mol. The average Bonchev–Trinajstić information content (AvgIpc) is 1.77. The van der Waals surface area contributed by atoms with Gasteiger partial charge >= 0.3 is 0 Å². The summed E-state index contributed by atoms with van der Waals surface area (Å²) in [4.78, 5) is -0.0625. The summed E-state index contributed by atoms with van der Waals surface area (Å²) < 4.78 is 29.6. The maximum atomic E-state index is 10.5. The van der Waals surface area contributed by atoms with Gasteiger partial charge in [0.1, 0.15) is 4.90 Å². The monoisotopic (exact) mass is 171 g/mol. The lowest BCUT2D eigenvalue weighted by Crippen LogP contribution is -2.11. The second-order valence-electron chi connectivity index (χ2n) is 2.41. The Morgan fingerprint density at radius 1 is 1.36 bits per heavy atom. The predicted octanol–water partition coefficient (Wildman–Crippen LogP) is 0.496. The van der Waals surface area contributed by atoms with Gasteiger partial charge in [0.2, 0.25) is 0 Å². The molecule has 0 fully saturated rings. The lowest BCUT2D eigenvalue weighted by atomic mass is 9.91. The Balaban J connectivity index is 2.65. The topological polar surface area (TPSA) is 80.4 Å². The highest BCUT2D eigenvalue weighted by Crippen LogP contribution is 2.45. The number of rotatable bonds is 1. The molecule has 0 saturated heterocycles. The summed E-state index contributed by atoms with van der Waals surface area (Å²) in [6.07, 6.45) is 0. The molecule has 5 heteroatoms. The van der Waals surface area contributed by atoms with E-state index in [9.17, 15) is 8.42 Å². The van der Waals surface area contributed by atoms with E-state index in [-0.39, 0.29) is 4.90 Å². The SMILES string of the molecule is Nc1cc2cc(S(=O)(=O)O)c1-2. The number of nitrogen functional groups attached to an aromatic ring is 1. The molecule has 2 aliphatic carbocycles. The minimum absolute atomic E-state index is 0.0625. The van der Waals surface area contributed by atoms with Gasteiger partial charge < -0.3 is 5.73 Å². The molecule has 0 aliphatic heterocycles. The Bertz CT molecular complexity index is 435. The minimum atomic E-state index is -4.05. The van der Waals surface area contributed by atoms with E-state index in [2.05, 4.69) is 0 Å². The van der Waals surface area contributed by atoms with Crippen LogP contribution in [0.3, 0.4) is 0 Å². The first-order chi connectivity index (χ1) is 5.00. The molecule has 11 heavy (non-hydrogen) atoms. The summed E-state index contributed by atoms with van der Waals surface area (Å²) in [5.41, 5.74) is 7.04. The molecule has 0 saturated carbocycles. The van der Waals surface area contributed by atoms with Gasteiger partial charge in [-0.2, -0.15) is 8.42 Å². The van der Waals surface area contributed by atoms with Crippen LogP contribution in [0.15, 0.2) is 17.0 Å². The van der Waals surface area contributed by atoms with Crippen LogP contribution in [0.25, 0.3) is 11.1 Å². The van der Waals surface area contributed by atoms with E-state index in [1.807, 2.05) is 0 Å². The van der Waals surface area contributed by atoms with E-state index in [1.165, 1.54) is 6.07 Å². The van der Waals surface area contributed by atoms with Crippen LogP contribution in [0.2, 0.25) is 0 Å². The zero-order chi connectivity index (χ0) is 8.22. The molecule has 0 atom stereocenters. The molecule has 0 amide bonds. The number of benzene rings is 1. The average molecular weight is 171 g/mol. The fourth-order valence-corrected chi connectivity index (χ4v) is 1.91. The van der Waals surface area contributed by atoms with Crippen molar-refractivity contribution < 1.29 is 13.0 Å². The molecule has 0 spiro atoms. The van der Waals surface area contributed by atoms with Gasteiger partial charge in [-0.05, 0) is 17.7 Å². The van der Waals surface area contributed by atoms with Crippen molar-refractivity contribution in [3.05, 3.63) is 12.1 Å². The van der Waals surface area contributed by atoms with E-state index in [1.54, 1.807) is 6.07 Å². The Morgan fingerprint density at radius 3 is 2.27 bits per heavy atom. The van der Waals surface area contributed by atoms with Crippen LogP contribution < -0.4 is 5.73 Å². The third-order valence-corrected chi connectivity index (χ3v) is 2.58. The Hall–Kier alpha value is -1.07. The van der Waals surface area contributed by atoms with Gasteiger partial charge in [0.15, 0.2) is 0 Å². The third-order valence-electron chi connectivity index (χ3n) is 1.70. The summed E-state index contributed by atoms with van der Waals surface area (Å²) in [5.74, 6) is 0. The summed E-state index contributed by atoms with van der Waals surface area (Å²) in [6, 6.07) is 3.05. The van der Waals surface area contributed by atoms with Crippen LogP contribution in [0.1, 0.15) is 0 Å². The number of hydrogen-bond donors (Lipinski definition) is 2. The van der Waals surface area contributed by atoms with Gasteiger partial charge in [0, 0.05) is 11.3 Å². The maximum Gasteiger partial charge on any atom is 0.295 e. The Morgan fingerprint density at radius 2 is 2.00 bits per heavy atom. The third kappa shape index (κ3) is 0.690. The van der Waals surface area contributed by atoms with Crippen molar-refractivity contribution in [2.45, 2.75) is 4.90 Å². The van der Waals surface area contributed by atoms with Crippen molar-refractivity contribution in [2.24, 2.45) is 0 Å². The summed E-state index contributed by atoms with van der Waals surface area (Å²) in [6.45, 7) is 0. The number of anilines is 1. The molecule has 0 heterocycles. The van der Waals surface area contributed by atoms with Crippen LogP contribution in [0, 0.1) is 0 Å². The molecular formula is C6H5NO3S. The van der Waals surface area contributed by atoms with Crippen LogP contribution in [0.5, 0.6) is 0 Å². The van der Waals surface area contributed by atoms with Crippen molar-refractivity contribution in [1.82, 2.24) is 0 Å². The van der Waals surface area contributed by atoms with Crippen LogP contribution in [-0.4, -0.2) is 13.0 Å². The molecule has 0 radical (unpaired) electrons.